The fraction of sp³-hybridized carbons (Fsp3) is 0.214. The Labute approximate surface area is 124 Å². The molecule has 1 aliphatic heterocycles. The number of carbonyl (C=O) groups is 2. The summed E-state index contributed by atoms with van der Waals surface area (Å²) in [5.41, 5.74) is 1.08. The van der Waals surface area contributed by atoms with Gasteiger partial charge in [-0.05, 0) is 35.0 Å². The number of anilines is 1. The number of ketones is 1. The van der Waals surface area contributed by atoms with E-state index in [2.05, 4.69) is 20.9 Å². The van der Waals surface area contributed by atoms with Gasteiger partial charge < -0.3 is 4.57 Å². The lowest BCUT2D eigenvalue weighted by atomic mass is 10.1. The maximum atomic E-state index is 12.2. The molecule has 2 aromatic rings. The Kier molecular flexibility index (Phi) is 3.17. The lowest BCUT2D eigenvalue weighted by Crippen LogP contribution is -2.30. The Bertz CT molecular complexity index is 708. The summed E-state index contributed by atoms with van der Waals surface area (Å²) in [7, 11) is 0. The van der Waals surface area contributed by atoms with Crippen molar-refractivity contribution in [2.75, 3.05) is 4.90 Å². The van der Waals surface area contributed by atoms with Gasteiger partial charge >= 0.3 is 0 Å². The van der Waals surface area contributed by atoms with Gasteiger partial charge in [-0.3, -0.25) is 14.5 Å². The molecule has 102 valence electrons. The largest absolute Gasteiger partial charge is 0.334 e. The lowest BCUT2D eigenvalue weighted by molar-refractivity contribution is -0.114. The van der Waals surface area contributed by atoms with Crippen LogP contribution in [0.3, 0.4) is 0 Å². The van der Waals surface area contributed by atoms with E-state index in [1.54, 1.807) is 18.3 Å². The van der Waals surface area contributed by atoms with E-state index in [9.17, 15) is 9.59 Å². The van der Waals surface area contributed by atoms with Gasteiger partial charge in [0, 0.05) is 23.4 Å². The third-order valence-electron chi connectivity index (χ3n) is 3.39. The van der Waals surface area contributed by atoms with Crippen molar-refractivity contribution < 1.29 is 9.59 Å². The van der Waals surface area contributed by atoms with Crippen LogP contribution in [0.5, 0.6) is 0 Å². The molecule has 0 spiro atoms. The maximum absolute atomic E-state index is 12.2. The number of carbonyl (C=O) groups excluding carboxylic acids is 2. The van der Waals surface area contributed by atoms with Gasteiger partial charge in [0.2, 0.25) is 0 Å². The van der Waals surface area contributed by atoms with Crippen LogP contribution in [-0.4, -0.2) is 21.2 Å². The summed E-state index contributed by atoms with van der Waals surface area (Å²) < 4.78 is 2.60. The highest BCUT2D eigenvalue weighted by Crippen LogP contribution is 2.34. The van der Waals surface area contributed by atoms with Crippen molar-refractivity contribution in [2.45, 2.75) is 20.0 Å². The first-order chi connectivity index (χ1) is 9.63. The third-order valence-corrected chi connectivity index (χ3v) is 4.05. The smallest absolute Gasteiger partial charge is 0.299 e. The van der Waals surface area contributed by atoms with Gasteiger partial charge in [-0.2, -0.15) is 0 Å². The zero-order valence-corrected chi connectivity index (χ0v) is 12.4. The number of hydrogen-bond acceptors (Lipinski definition) is 3. The van der Waals surface area contributed by atoms with E-state index >= 15 is 0 Å². The molecule has 1 aliphatic rings. The first-order valence-electron chi connectivity index (χ1n) is 6.28. The second-order valence-electron chi connectivity index (χ2n) is 4.48. The summed E-state index contributed by atoms with van der Waals surface area (Å²) in [6.45, 7) is 3.08. The van der Waals surface area contributed by atoms with Crippen LogP contribution in [0.4, 0.5) is 5.69 Å². The average molecular weight is 334 g/mol. The molecule has 1 aromatic heterocycles. The van der Waals surface area contributed by atoms with Crippen molar-refractivity contribution >= 4 is 33.3 Å². The van der Waals surface area contributed by atoms with Crippen LogP contribution < -0.4 is 4.90 Å². The number of benzene rings is 1. The minimum Gasteiger partial charge on any atom is -0.334 e. The van der Waals surface area contributed by atoms with E-state index in [1.807, 2.05) is 23.8 Å². The molecule has 0 bridgehead atoms. The molecule has 0 aliphatic carbocycles. The minimum atomic E-state index is -0.502. The van der Waals surface area contributed by atoms with Gasteiger partial charge in [-0.1, -0.05) is 6.07 Å². The molecule has 0 saturated carbocycles. The van der Waals surface area contributed by atoms with Gasteiger partial charge in [0.15, 0.2) is 0 Å². The standard InChI is InChI=1S/C14H12BrN3O2/c1-2-17-7-6-16-11(17)8-18-10-5-3-4-9(15)12(10)13(19)14(18)20/h3-7H,2,8H2,1H3. The fourth-order valence-corrected chi connectivity index (χ4v) is 2.92. The number of halogens is 1. The highest BCUT2D eigenvalue weighted by molar-refractivity contribution is 9.10. The number of amides is 1. The molecule has 0 radical (unpaired) electrons. The minimum absolute atomic E-state index is 0.300. The van der Waals surface area contributed by atoms with Crippen LogP contribution >= 0.6 is 15.9 Å². The molecule has 0 atom stereocenters. The van der Waals surface area contributed by atoms with Crippen LogP contribution in [0.1, 0.15) is 23.1 Å². The Balaban J connectivity index is 2.02. The van der Waals surface area contributed by atoms with Crippen molar-refractivity contribution in [3.63, 3.8) is 0 Å². The van der Waals surface area contributed by atoms with E-state index in [0.29, 0.717) is 22.3 Å². The highest BCUT2D eigenvalue weighted by Gasteiger charge is 2.37. The summed E-state index contributed by atoms with van der Waals surface area (Å²) in [5, 5.41) is 0. The first kappa shape index (κ1) is 13.1. The van der Waals surface area contributed by atoms with Gasteiger partial charge in [0.1, 0.15) is 5.82 Å². The number of fused-ring (bicyclic) bond motifs is 1. The van der Waals surface area contributed by atoms with Crippen molar-refractivity contribution in [1.82, 2.24) is 9.55 Å². The van der Waals surface area contributed by atoms with E-state index in [4.69, 9.17) is 0 Å². The third kappa shape index (κ3) is 1.87. The van der Waals surface area contributed by atoms with Crippen molar-refractivity contribution in [3.05, 3.63) is 46.5 Å². The topological polar surface area (TPSA) is 55.2 Å². The number of aryl methyl sites for hydroxylation is 1. The van der Waals surface area contributed by atoms with E-state index in [0.717, 1.165) is 12.4 Å². The highest BCUT2D eigenvalue weighted by atomic mass is 79.9. The molecule has 2 heterocycles. The molecule has 0 unspecified atom stereocenters. The van der Waals surface area contributed by atoms with Crippen LogP contribution in [-0.2, 0) is 17.9 Å². The average Bonchev–Trinajstić information content (AvgIpc) is 2.98. The van der Waals surface area contributed by atoms with Crippen molar-refractivity contribution in [1.29, 1.82) is 0 Å². The molecule has 0 N–H and O–H groups in total. The Morgan fingerprint density at radius 3 is 2.85 bits per heavy atom. The molecule has 5 nitrogen and oxygen atoms in total. The quantitative estimate of drug-likeness (QED) is 0.810. The maximum Gasteiger partial charge on any atom is 0.299 e. The predicted octanol–water partition coefficient (Wildman–Crippen LogP) is 2.40. The summed E-state index contributed by atoms with van der Waals surface area (Å²) in [6, 6.07) is 5.36. The number of nitrogens with zero attached hydrogens (tertiary/aromatic N) is 3. The zero-order valence-electron chi connectivity index (χ0n) is 10.8. The predicted molar refractivity (Wildman–Crippen MR) is 77.6 cm³/mol. The summed E-state index contributed by atoms with van der Waals surface area (Å²) in [5.74, 6) is -0.207. The number of imidazole rings is 1. The number of hydrogen-bond donors (Lipinski definition) is 0. The molecule has 20 heavy (non-hydrogen) atoms. The molecule has 1 amide bonds. The molecule has 6 heteroatoms. The van der Waals surface area contributed by atoms with Gasteiger partial charge in [-0.15, -0.1) is 0 Å². The fourth-order valence-electron chi connectivity index (χ4n) is 2.38. The van der Waals surface area contributed by atoms with Crippen LogP contribution in [0.15, 0.2) is 35.1 Å². The van der Waals surface area contributed by atoms with Gasteiger partial charge in [-0.25, -0.2) is 4.98 Å². The van der Waals surface area contributed by atoms with Crippen LogP contribution in [0.2, 0.25) is 0 Å². The van der Waals surface area contributed by atoms with Crippen LogP contribution in [0, 0.1) is 0 Å². The Hall–Kier alpha value is -1.95. The molecule has 0 fully saturated rings. The van der Waals surface area contributed by atoms with Crippen molar-refractivity contribution in [3.8, 4) is 0 Å². The first-order valence-corrected chi connectivity index (χ1v) is 7.07. The molecule has 0 saturated heterocycles. The number of Topliss-reactive ketones (excluding diaryl/α,β-unsaturated/α-hetero) is 1. The van der Waals surface area contributed by atoms with E-state index < -0.39 is 11.7 Å². The Morgan fingerprint density at radius 1 is 1.30 bits per heavy atom. The van der Waals surface area contributed by atoms with E-state index in [1.165, 1.54) is 4.90 Å². The Morgan fingerprint density at radius 2 is 2.10 bits per heavy atom. The number of aromatic nitrogens is 2. The van der Waals surface area contributed by atoms with Gasteiger partial charge in [0.05, 0.1) is 17.8 Å². The monoisotopic (exact) mass is 333 g/mol. The summed E-state index contributed by atoms with van der Waals surface area (Å²) in [4.78, 5) is 30.0. The normalized spacial score (nSPS) is 14.0. The SMILES string of the molecule is CCn1ccnc1CN1C(=O)C(=O)c2c(Br)cccc21. The lowest BCUT2D eigenvalue weighted by Gasteiger charge is -2.16. The number of rotatable bonds is 3. The van der Waals surface area contributed by atoms with Crippen LogP contribution in [0.25, 0.3) is 0 Å². The van der Waals surface area contributed by atoms with Crippen molar-refractivity contribution in [2.24, 2.45) is 0 Å². The second kappa shape index (κ2) is 4.86. The molecular formula is C14H12BrN3O2. The molecule has 1 aromatic carbocycles. The van der Waals surface area contributed by atoms with E-state index in [-0.39, 0.29) is 0 Å². The molecular weight excluding hydrogens is 322 g/mol. The zero-order chi connectivity index (χ0) is 14.3. The molecule has 3 rings (SSSR count). The van der Waals surface area contributed by atoms with Gasteiger partial charge in [0.25, 0.3) is 11.7 Å². The second-order valence-corrected chi connectivity index (χ2v) is 5.34. The summed E-state index contributed by atoms with van der Waals surface area (Å²) >= 11 is 3.33. The summed E-state index contributed by atoms with van der Waals surface area (Å²) in [6.07, 6.45) is 3.56.